The van der Waals surface area contributed by atoms with E-state index in [1.165, 1.54) is 0 Å². The average Bonchev–Trinajstić information content (AvgIpc) is 2.96. The number of furan rings is 1. The van der Waals surface area contributed by atoms with Gasteiger partial charge in [0, 0.05) is 0 Å². The predicted octanol–water partition coefficient (Wildman–Crippen LogP) is 1.76. The van der Waals surface area contributed by atoms with E-state index in [0.29, 0.717) is 17.1 Å². The first kappa shape index (κ1) is 12.7. The van der Waals surface area contributed by atoms with Gasteiger partial charge in [-0.1, -0.05) is 10.3 Å². The molecule has 0 aromatic carbocycles. The number of amides is 1. The van der Waals surface area contributed by atoms with E-state index in [1.807, 2.05) is 6.26 Å². The molecule has 0 saturated heterocycles. The van der Waals surface area contributed by atoms with Crippen LogP contribution in [-0.2, 0) is 12.3 Å². The summed E-state index contributed by atoms with van der Waals surface area (Å²) in [4.78, 5) is 11.8. The second kappa shape index (κ2) is 5.72. The monoisotopic (exact) mass is 267 g/mol. The van der Waals surface area contributed by atoms with Crippen molar-refractivity contribution < 1.29 is 13.8 Å². The van der Waals surface area contributed by atoms with E-state index in [9.17, 15) is 4.79 Å². The first-order valence-electron chi connectivity index (χ1n) is 5.34. The Kier molecular flexibility index (Phi) is 4.03. The number of thioether (sulfide) groups is 1. The van der Waals surface area contributed by atoms with Crippen molar-refractivity contribution >= 4 is 17.7 Å². The first-order chi connectivity index (χ1) is 8.70. The summed E-state index contributed by atoms with van der Waals surface area (Å²) < 4.78 is 9.94. The highest BCUT2D eigenvalue weighted by molar-refractivity contribution is 7.97. The summed E-state index contributed by atoms with van der Waals surface area (Å²) in [6, 6.07) is 3.46. The largest absolute Gasteiger partial charge is 0.455 e. The van der Waals surface area contributed by atoms with Crippen LogP contribution in [0.2, 0.25) is 0 Å². The molecule has 7 heteroatoms. The molecule has 6 nitrogen and oxygen atoms in total. The Morgan fingerprint density at radius 1 is 1.44 bits per heavy atom. The Labute approximate surface area is 108 Å². The van der Waals surface area contributed by atoms with Crippen LogP contribution in [0.4, 0.5) is 0 Å². The van der Waals surface area contributed by atoms with Crippen LogP contribution in [0.1, 0.15) is 27.7 Å². The van der Waals surface area contributed by atoms with Gasteiger partial charge in [-0.3, -0.25) is 4.79 Å². The molecule has 0 aliphatic heterocycles. The van der Waals surface area contributed by atoms with Gasteiger partial charge in [-0.05, 0) is 25.3 Å². The van der Waals surface area contributed by atoms with Gasteiger partial charge >= 0.3 is 0 Å². The number of carbonyl (C=O) groups is 1. The Morgan fingerprint density at radius 2 is 2.28 bits per heavy atom. The number of carbonyl (C=O) groups excluding carboxylic acids is 1. The molecule has 0 atom stereocenters. The lowest BCUT2D eigenvalue weighted by Gasteiger charge is -2.00. The van der Waals surface area contributed by atoms with Crippen LogP contribution in [0.5, 0.6) is 0 Å². The van der Waals surface area contributed by atoms with Crippen LogP contribution in [0.25, 0.3) is 0 Å². The van der Waals surface area contributed by atoms with E-state index in [0.717, 1.165) is 11.5 Å². The molecule has 18 heavy (non-hydrogen) atoms. The maximum Gasteiger partial charge on any atom is 0.287 e. The number of aryl methyl sites for hydroxylation is 1. The summed E-state index contributed by atoms with van der Waals surface area (Å²) in [5.74, 6) is 1.56. The Bertz CT molecular complexity index is 535. The maximum atomic E-state index is 11.8. The minimum absolute atomic E-state index is 0.271. The highest BCUT2D eigenvalue weighted by Crippen LogP contribution is 2.13. The molecule has 0 spiro atoms. The molecule has 2 aromatic rings. The van der Waals surface area contributed by atoms with Crippen molar-refractivity contribution in [3.05, 3.63) is 35.0 Å². The van der Waals surface area contributed by atoms with Gasteiger partial charge in [0.1, 0.15) is 17.1 Å². The normalized spacial score (nSPS) is 10.6. The third kappa shape index (κ3) is 2.92. The molecule has 0 unspecified atom stereocenters. The molecule has 0 aliphatic carbocycles. The van der Waals surface area contributed by atoms with Crippen LogP contribution in [0, 0.1) is 6.92 Å². The van der Waals surface area contributed by atoms with E-state index >= 15 is 0 Å². The minimum atomic E-state index is -0.273. The fourth-order valence-corrected chi connectivity index (χ4v) is 1.82. The number of hydrogen-bond acceptors (Lipinski definition) is 6. The molecule has 0 fully saturated rings. The standard InChI is InChI=1S/C11H13N3O3S/c1-7-9(14-17-13-7)5-12-11(15)10-4-3-8(16-10)6-18-2/h3-4H,5-6H2,1-2H3,(H,12,15). The van der Waals surface area contributed by atoms with E-state index < -0.39 is 0 Å². The topological polar surface area (TPSA) is 81.2 Å². The zero-order valence-electron chi connectivity index (χ0n) is 10.1. The number of rotatable bonds is 5. The molecule has 2 aromatic heterocycles. The van der Waals surface area contributed by atoms with Crippen molar-refractivity contribution in [1.82, 2.24) is 15.6 Å². The Hall–Kier alpha value is -1.76. The van der Waals surface area contributed by atoms with E-state index in [-0.39, 0.29) is 12.5 Å². The summed E-state index contributed by atoms with van der Waals surface area (Å²) in [5, 5.41) is 10.0. The van der Waals surface area contributed by atoms with E-state index in [1.54, 1.807) is 30.8 Å². The lowest BCUT2D eigenvalue weighted by atomic mass is 10.3. The molecule has 1 amide bonds. The van der Waals surface area contributed by atoms with Crippen molar-refractivity contribution in [2.45, 2.75) is 19.2 Å². The molecule has 0 aliphatic rings. The minimum Gasteiger partial charge on any atom is -0.455 e. The molecule has 96 valence electrons. The van der Waals surface area contributed by atoms with Gasteiger partial charge in [-0.15, -0.1) is 0 Å². The van der Waals surface area contributed by atoms with Crippen molar-refractivity contribution in [2.24, 2.45) is 0 Å². The molecular weight excluding hydrogens is 254 g/mol. The summed E-state index contributed by atoms with van der Waals surface area (Å²) in [6.45, 7) is 2.04. The lowest BCUT2D eigenvalue weighted by Crippen LogP contribution is -2.22. The highest BCUT2D eigenvalue weighted by Gasteiger charge is 2.12. The van der Waals surface area contributed by atoms with Crippen LogP contribution >= 0.6 is 11.8 Å². The molecule has 0 radical (unpaired) electrons. The SMILES string of the molecule is CSCc1ccc(C(=O)NCc2nonc2C)o1. The maximum absolute atomic E-state index is 11.8. The summed E-state index contributed by atoms with van der Waals surface area (Å²) in [5.41, 5.74) is 1.28. The van der Waals surface area contributed by atoms with E-state index in [2.05, 4.69) is 20.3 Å². The van der Waals surface area contributed by atoms with Crippen LogP contribution in [0.15, 0.2) is 21.2 Å². The molecule has 2 heterocycles. The molecular formula is C11H13N3O3S. The average molecular weight is 267 g/mol. The Balaban J connectivity index is 1.93. The number of nitrogens with zero attached hydrogens (tertiary/aromatic N) is 2. The lowest BCUT2D eigenvalue weighted by molar-refractivity contribution is 0.0921. The van der Waals surface area contributed by atoms with Gasteiger partial charge in [0.25, 0.3) is 5.91 Å². The quantitative estimate of drug-likeness (QED) is 0.889. The van der Waals surface area contributed by atoms with Gasteiger partial charge in [0.15, 0.2) is 5.76 Å². The molecule has 2 rings (SSSR count). The predicted molar refractivity (Wildman–Crippen MR) is 66.1 cm³/mol. The smallest absolute Gasteiger partial charge is 0.287 e. The van der Waals surface area contributed by atoms with Gasteiger partial charge in [-0.2, -0.15) is 11.8 Å². The number of aromatic nitrogens is 2. The zero-order valence-corrected chi connectivity index (χ0v) is 10.9. The second-order valence-electron chi connectivity index (χ2n) is 3.68. The van der Waals surface area contributed by atoms with Crippen LogP contribution in [0.3, 0.4) is 0 Å². The van der Waals surface area contributed by atoms with Crippen molar-refractivity contribution in [3.63, 3.8) is 0 Å². The van der Waals surface area contributed by atoms with Crippen molar-refractivity contribution in [1.29, 1.82) is 0 Å². The molecule has 0 bridgehead atoms. The first-order valence-corrected chi connectivity index (χ1v) is 6.74. The number of hydrogen-bond donors (Lipinski definition) is 1. The number of nitrogens with one attached hydrogen (secondary N) is 1. The Morgan fingerprint density at radius 3 is 2.94 bits per heavy atom. The fourth-order valence-electron chi connectivity index (χ4n) is 1.38. The summed E-state index contributed by atoms with van der Waals surface area (Å²) in [7, 11) is 0. The van der Waals surface area contributed by atoms with Crippen molar-refractivity contribution in [3.8, 4) is 0 Å². The zero-order chi connectivity index (χ0) is 13.0. The fraction of sp³-hybridized carbons (Fsp3) is 0.364. The van der Waals surface area contributed by atoms with Gasteiger partial charge in [-0.25, -0.2) is 4.63 Å². The van der Waals surface area contributed by atoms with Crippen molar-refractivity contribution in [2.75, 3.05) is 6.26 Å². The van der Waals surface area contributed by atoms with Crippen LogP contribution < -0.4 is 5.32 Å². The van der Waals surface area contributed by atoms with Crippen LogP contribution in [-0.4, -0.2) is 22.5 Å². The summed E-state index contributed by atoms with van der Waals surface area (Å²) >= 11 is 1.64. The van der Waals surface area contributed by atoms with Gasteiger partial charge in [0.2, 0.25) is 0 Å². The summed E-state index contributed by atoms with van der Waals surface area (Å²) in [6.07, 6.45) is 1.97. The van der Waals surface area contributed by atoms with E-state index in [4.69, 9.17) is 4.42 Å². The van der Waals surface area contributed by atoms with Gasteiger partial charge in [0.05, 0.1) is 12.3 Å². The highest BCUT2D eigenvalue weighted by atomic mass is 32.2. The third-order valence-corrected chi connectivity index (χ3v) is 2.91. The third-order valence-electron chi connectivity index (χ3n) is 2.33. The molecule has 1 N–H and O–H groups in total. The molecule has 0 saturated carbocycles. The second-order valence-corrected chi connectivity index (χ2v) is 4.54. The van der Waals surface area contributed by atoms with Gasteiger partial charge < -0.3 is 9.73 Å².